The number of anilines is 1. The first-order chi connectivity index (χ1) is 12.6. The lowest BCUT2D eigenvalue weighted by Gasteiger charge is -2.31. The van der Waals surface area contributed by atoms with E-state index < -0.39 is 0 Å². The Kier molecular flexibility index (Phi) is 4.49. The van der Waals surface area contributed by atoms with Crippen LogP contribution in [0.25, 0.3) is 11.1 Å². The smallest absolute Gasteiger partial charge is 0.266 e. The number of hydrogen-bond acceptors (Lipinski definition) is 5. The van der Waals surface area contributed by atoms with Crippen LogP contribution in [0.1, 0.15) is 55.7 Å². The minimum absolute atomic E-state index is 0.248. The Balaban J connectivity index is 1.57. The van der Waals surface area contributed by atoms with Gasteiger partial charge in [-0.2, -0.15) is 10.1 Å². The molecular formula is C20H25N5O. The molecule has 1 fully saturated rings. The van der Waals surface area contributed by atoms with Crippen molar-refractivity contribution in [1.29, 1.82) is 0 Å². The van der Waals surface area contributed by atoms with Crippen LogP contribution in [0.5, 0.6) is 0 Å². The maximum absolute atomic E-state index is 5.39. The molecule has 6 nitrogen and oxygen atoms in total. The number of hydrogen-bond donors (Lipinski definition) is 1. The quantitative estimate of drug-likeness (QED) is 0.760. The topological polar surface area (TPSA) is 70.8 Å². The van der Waals surface area contributed by atoms with Gasteiger partial charge in [0.1, 0.15) is 0 Å². The Bertz CT molecular complexity index is 864. The molecule has 0 unspecified atom stereocenters. The lowest BCUT2D eigenvalue weighted by Crippen LogP contribution is -2.35. The van der Waals surface area contributed by atoms with Gasteiger partial charge in [0.25, 0.3) is 5.95 Å². The van der Waals surface area contributed by atoms with E-state index in [2.05, 4.69) is 70.3 Å². The second-order valence-corrected chi connectivity index (χ2v) is 7.44. The summed E-state index contributed by atoms with van der Waals surface area (Å²) in [6.45, 7) is 8.07. The van der Waals surface area contributed by atoms with Crippen molar-refractivity contribution >= 4 is 5.95 Å². The van der Waals surface area contributed by atoms with Gasteiger partial charge >= 0.3 is 0 Å². The molecule has 0 spiro atoms. The predicted molar refractivity (Wildman–Crippen MR) is 101 cm³/mol. The maximum Gasteiger partial charge on any atom is 0.266 e. The van der Waals surface area contributed by atoms with Crippen LogP contribution in [-0.4, -0.2) is 33.4 Å². The van der Waals surface area contributed by atoms with Gasteiger partial charge in [-0.3, -0.25) is 5.10 Å². The van der Waals surface area contributed by atoms with Gasteiger partial charge < -0.3 is 9.42 Å². The lowest BCUT2D eigenvalue weighted by molar-refractivity contribution is 0.363. The summed E-state index contributed by atoms with van der Waals surface area (Å²) in [4.78, 5) is 6.79. The van der Waals surface area contributed by atoms with E-state index in [9.17, 15) is 0 Å². The van der Waals surface area contributed by atoms with Crippen molar-refractivity contribution in [2.24, 2.45) is 0 Å². The van der Waals surface area contributed by atoms with Crippen LogP contribution in [0.3, 0.4) is 0 Å². The minimum atomic E-state index is 0.248. The largest absolute Gasteiger partial charge is 0.338 e. The first kappa shape index (κ1) is 16.8. The van der Waals surface area contributed by atoms with Crippen LogP contribution in [0, 0.1) is 6.92 Å². The monoisotopic (exact) mass is 351 g/mol. The summed E-state index contributed by atoms with van der Waals surface area (Å²) >= 11 is 0. The fraction of sp³-hybridized carbons (Fsp3) is 0.450. The summed E-state index contributed by atoms with van der Waals surface area (Å²) in [7, 11) is 0. The molecule has 3 heterocycles. The summed E-state index contributed by atoms with van der Waals surface area (Å²) < 4.78 is 5.39. The SMILES string of the molecule is Cc1ccc(-c2cn[nH]c2[C@H]2CCCN(c3noc(C(C)C)n3)C2)cc1. The number of H-pyrrole nitrogens is 1. The Morgan fingerprint density at radius 3 is 2.77 bits per heavy atom. The molecular weight excluding hydrogens is 326 g/mol. The van der Waals surface area contributed by atoms with Gasteiger partial charge in [0.15, 0.2) is 0 Å². The molecule has 6 heteroatoms. The van der Waals surface area contributed by atoms with Crippen LogP contribution in [0.2, 0.25) is 0 Å². The highest BCUT2D eigenvalue weighted by Crippen LogP contribution is 2.34. The zero-order valence-electron chi connectivity index (χ0n) is 15.6. The number of nitrogens with zero attached hydrogens (tertiary/aromatic N) is 4. The second kappa shape index (κ2) is 6.94. The number of aromatic nitrogens is 4. The Hall–Kier alpha value is -2.63. The highest BCUT2D eigenvalue weighted by atomic mass is 16.5. The summed E-state index contributed by atoms with van der Waals surface area (Å²) in [5, 5.41) is 11.8. The van der Waals surface area contributed by atoms with Gasteiger partial charge in [0, 0.05) is 36.2 Å². The molecule has 0 radical (unpaired) electrons. The summed E-state index contributed by atoms with van der Waals surface area (Å²) in [6.07, 6.45) is 4.17. The molecule has 1 aliphatic rings. The van der Waals surface area contributed by atoms with E-state index >= 15 is 0 Å². The zero-order valence-corrected chi connectivity index (χ0v) is 15.6. The highest BCUT2D eigenvalue weighted by Gasteiger charge is 2.27. The molecule has 0 amide bonds. The van der Waals surface area contributed by atoms with E-state index in [4.69, 9.17) is 4.52 Å². The second-order valence-electron chi connectivity index (χ2n) is 7.44. The molecule has 1 aromatic carbocycles. The lowest BCUT2D eigenvalue weighted by atomic mass is 9.90. The van der Waals surface area contributed by atoms with Crippen molar-refractivity contribution in [3.8, 4) is 11.1 Å². The van der Waals surface area contributed by atoms with Gasteiger partial charge in [-0.15, -0.1) is 0 Å². The molecule has 1 atom stereocenters. The summed E-state index contributed by atoms with van der Waals surface area (Å²) in [5.74, 6) is 2.03. The molecule has 0 saturated carbocycles. The van der Waals surface area contributed by atoms with Crippen molar-refractivity contribution in [2.75, 3.05) is 18.0 Å². The van der Waals surface area contributed by atoms with E-state index in [1.165, 1.54) is 22.4 Å². The number of rotatable bonds is 4. The van der Waals surface area contributed by atoms with Gasteiger partial charge in [0.2, 0.25) is 5.89 Å². The molecule has 1 N–H and O–H groups in total. The van der Waals surface area contributed by atoms with Crippen LogP contribution in [0.15, 0.2) is 35.0 Å². The Labute approximate surface area is 153 Å². The van der Waals surface area contributed by atoms with Crippen LogP contribution in [0.4, 0.5) is 5.95 Å². The van der Waals surface area contributed by atoms with E-state index in [-0.39, 0.29) is 5.92 Å². The van der Waals surface area contributed by atoms with Crippen molar-refractivity contribution in [2.45, 2.75) is 45.4 Å². The molecule has 1 saturated heterocycles. The van der Waals surface area contributed by atoms with Crippen molar-refractivity contribution in [3.05, 3.63) is 47.6 Å². The number of piperidine rings is 1. The molecule has 26 heavy (non-hydrogen) atoms. The van der Waals surface area contributed by atoms with Gasteiger partial charge in [-0.1, -0.05) is 43.7 Å². The molecule has 1 aliphatic heterocycles. The first-order valence-corrected chi connectivity index (χ1v) is 9.30. The number of aromatic amines is 1. The van der Waals surface area contributed by atoms with E-state index in [0.29, 0.717) is 17.8 Å². The normalized spacial score (nSPS) is 17.8. The average Bonchev–Trinajstić information content (AvgIpc) is 3.32. The summed E-state index contributed by atoms with van der Waals surface area (Å²) in [6, 6.07) is 8.62. The van der Waals surface area contributed by atoms with Gasteiger partial charge in [0.05, 0.1) is 6.20 Å². The standard InChI is InChI=1S/C20H25N5O/c1-13(2)19-22-20(24-26-19)25-10-4-5-16(12-25)18-17(11-21-23-18)15-8-6-14(3)7-9-15/h6-9,11,13,16H,4-5,10,12H2,1-3H3,(H,21,23)/t16-/m0/s1. The predicted octanol–water partition coefficient (Wildman–Crippen LogP) is 4.28. The maximum atomic E-state index is 5.39. The number of benzene rings is 1. The Morgan fingerprint density at radius 2 is 2.04 bits per heavy atom. The van der Waals surface area contributed by atoms with Crippen LogP contribution < -0.4 is 4.90 Å². The molecule has 0 bridgehead atoms. The zero-order chi connectivity index (χ0) is 18.1. The van der Waals surface area contributed by atoms with Crippen molar-refractivity contribution in [1.82, 2.24) is 20.3 Å². The molecule has 4 rings (SSSR count). The first-order valence-electron chi connectivity index (χ1n) is 9.30. The van der Waals surface area contributed by atoms with Gasteiger partial charge in [-0.05, 0) is 30.5 Å². The van der Waals surface area contributed by atoms with E-state index in [0.717, 1.165) is 25.9 Å². The third kappa shape index (κ3) is 3.23. The molecule has 136 valence electrons. The van der Waals surface area contributed by atoms with E-state index in [1.54, 1.807) is 0 Å². The molecule has 3 aromatic rings. The number of nitrogens with one attached hydrogen (secondary N) is 1. The van der Waals surface area contributed by atoms with Crippen molar-refractivity contribution in [3.63, 3.8) is 0 Å². The van der Waals surface area contributed by atoms with Crippen LogP contribution in [-0.2, 0) is 0 Å². The fourth-order valence-corrected chi connectivity index (χ4v) is 3.55. The highest BCUT2D eigenvalue weighted by molar-refractivity contribution is 5.66. The fourth-order valence-electron chi connectivity index (χ4n) is 3.55. The minimum Gasteiger partial charge on any atom is -0.338 e. The van der Waals surface area contributed by atoms with Crippen LogP contribution >= 0.6 is 0 Å². The molecule has 0 aliphatic carbocycles. The Morgan fingerprint density at radius 1 is 1.23 bits per heavy atom. The summed E-state index contributed by atoms with van der Waals surface area (Å²) in [5.41, 5.74) is 4.86. The third-order valence-corrected chi connectivity index (χ3v) is 5.07. The van der Waals surface area contributed by atoms with Crippen molar-refractivity contribution < 1.29 is 4.52 Å². The number of aryl methyl sites for hydroxylation is 1. The third-order valence-electron chi connectivity index (χ3n) is 5.07. The average molecular weight is 351 g/mol. The van der Waals surface area contributed by atoms with Gasteiger partial charge in [-0.25, -0.2) is 0 Å². The molecule has 2 aromatic heterocycles. The van der Waals surface area contributed by atoms with E-state index in [1.807, 2.05) is 6.20 Å².